The van der Waals surface area contributed by atoms with Crippen LogP contribution in [0.1, 0.15) is 5.56 Å². The van der Waals surface area contributed by atoms with Crippen molar-refractivity contribution in [1.29, 1.82) is 0 Å². The molecule has 0 aliphatic carbocycles. The second kappa shape index (κ2) is 17.4. The summed E-state index contributed by atoms with van der Waals surface area (Å²) in [5, 5.41) is 34.7. The molecule has 0 saturated carbocycles. The van der Waals surface area contributed by atoms with E-state index in [1.807, 2.05) is 30.3 Å². The number of aliphatic carboxylic acids is 2. The molecule has 16 heteroatoms. The van der Waals surface area contributed by atoms with Crippen LogP contribution in [0.4, 0.5) is 11.4 Å². The minimum atomic E-state index is -3.60. The molecule has 0 atom stereocenters. The van der Waals surface area contributed by atoms with E-state index in [0.29, 0.717) is 17.2 Å². The van der Waals surface area contributed by atoms with Crippen LogP contribution in [-0.2, 0) is 35.7 Å². The summed E-state index contributed by atoms with van der Waals surface area (Å²) in [4.78, 5) is 50.5. The van der Waals surface area contributed by atoms with Crippen LogP contribution in [0, 0.1) is 0 Å². The fourth-order valence-corrected chi connectivity index (χ4v) is 4.14. The van der Waals surface area contributed by atoms with Gasteiger partial charge in [-0.3, -0.25) is 29.0 Å². The molecule has 0 fully saturated rings. The third-order valence-corrected chi connectivity index (χ3v) is 6.48. The first-order valence-electron chi connectivity index (χ1n) is 13.1. The van der Waals surface area contributed by atoms with Crippen LogP contribution in [0.15, 0.2) is 67.0 Å². The lowest BCUT2D eigenvalue weighted by Crippen LogP contribution is -2.45. The Hall–Kier alpha value is -4.51. The van der Waals surface area contributed by atoms with Gasteiger partial charge < -0.3 is 31.5 Å². The molecule has 43 heavy (non-hydrogen) atoms. The Labute approximate surface area is 249 Å². The van der Waals surface area contributed by atoms with Crippen LogP contribution in [0.2, 0.25) is 0 Å². The highest BCUT2D eigenvalue weighted by molar-refractivity contribution is 7.89. The zero-order chi connectivity index (χ0) is 31.8. The van der Waals surface area contributed by atoms with Gasteiger partial charge in [0, 0.05) is 37.6 Å². The van der Waals surface area contributed by atoms with E-state index in [0.717, 1.165) is 5.56 Å². The molecule has 2 rings (SSSR count). The van der Waals surface area contributed by atoms with E-state index < -0.39 is 46.9 Å². The van der Waals surface area contributed by atoms with Crippen molar-refractivity contribution in [2.75, 3.05) is 62.2 Å². The number of primary sulfonamides is 1. The Balaban J connectivity index is 1.88. The second-order valence-electron chi connectivity index (χ2n) is 9.49. The van der Waals surface area contributed by atoms with Gasteiger partial charge in [-0.15, -0.1) is 0 Å². The van der Waals surface area contributed by atoms with Crippen molar-refractivity contribution in [3.05, 3.63) is 72.6 Å². The molecule has 0 aliphatic rings. The van der Waals surface area contributed by atoms with Crippen molar-refractivity contribution in [2.45, 2.75) is 6.54 Å². The van der Waals surface area contributed by atoms with Crippen molar-refractivity contribution < 1.29 is 37.8 Å². The summed E-state index contributed by atoms with van der Waals surface area (Å²) >= 11 is 0. The number of carboxylic acids is 2. The molecular formula is C27H37N7O8S. The monoisotopic (exact) mass is 619 g/mol. The summed E-state index contributed by atoms with van der Waals surface area (Å²) in [5.74, 6) is -3.14. The van der Waals surface area contributed by atoms with Gasteiger partial charge in [-0.05, 0) is 29.8 Å². The van der Waals surface area contributed by atoms with Gasteiger partial charge in [-0.2, -0.15) is 0 Å². The van der Waals surface area contributed by atoms with Crippen LogP contribution in [0.25, 0.3) is 0 Å². The number of sulfonamides is 1. The summed E-state index contributed by atoms with van der Waals surface area (Å²) < 4.78 is 22.0. The highest BCUT2D eigenvalue weighted by Crippen LogP contribution is 2.14. The van der Waals surface area contributed by atoms with E-state index in [1.54, 1.807) is 24.3 Å². The van der Waals surface area contributed by atoms with E-state index in [1.165, 1.54) is 9.80 Å². The predicted octanol–water partition coefficient (Wildman–Crippen LogP) is -0.524. The van der Waals surface area contributed by atoms with Gasteiger partial charge in [0.1, 0.15) is 0 Å². The highest BCUT2D eigenvalue weighted by atomic mass is 32.2. The number of anilines is 2. The molecule has 0 bridgehead atoms. The average molecular weight is 620 g/mol. The second-order valence-corrected chi connectivity index (χ2v) is 11.2. The number of carbonyl (C=O) groups excluding carboxylic acids is 2. The van der Waals surface area contributed by atoms with Crippen molar-refractivity contribution in [3.8, 4) is 0 Å². The molecular weight excluding hydrogens is 582 g/mol. The number of carbonyl (C=O) groups is 4. The SMILES string of the molecule is C=C(NCCS(N)(=O)=O)Nc1ccc(NC(=O)CN(CCN(CC(=O)O)CC(=O)NCc2ccccc2)CC(=O)O)cc1. The number of nitrogens with one attached hydrogen (secondary N) is 4. The van der Waals surface area contributed by atoms with E-state index in [-0.39, 0.29) is 45.0 Å². The highest BCUT2D eigenvalue weighted by Gasteiger charge is 2.19. The summed E-state index contributed by atoms with van der Waals surface area (Å²) in [6, 6.07) is 15.7. The summed E-state index contributed by atoms with van der Waals surface area (Å²) in [6.45, 7) is 2.70. The topological polar surface area (TPSA) is 223 Å². The first-order chi connectivity index (χ1) is 20.3. The molecule has 0 saturated heterocycles. The Kier molecular flexibility index (Phi) is 14.1. The summed E-state index contributed by atoms with van der Waals surface area (Å²) in [7, 11) is -3.60. The summed E-state index contributed by atoms with van der Waals surface area (Å²) in [6.07, 6.45) is 0. The minimum Gasteiger partial charge on any atom is -0.480 e. The number of nitrogens with two attached hydrogens (primary N) is 1. The molecule has 2 amide bonds. The van der Waals surface area contributed by atoms with E-state index in [4.69, 9.17) is 5.14 Å². The molecule has 0 radical (unpaired) electrons. The Morgan fingerprint density at radius 3 is 1.77 bits per heavy atom. The third-order valence-electron chi connectivity index (χ3n) is 5.71. The Morgan fingerprint density at radius 1 is 0.744 bits per heavy atom. The van der Waals surface area contributed by atoms with Crippen LogP contribution >= 0.6 is 0 Å². The van der Waals surface area contributed by atoms with Gasteiger partial charge in [0.15, 0.2) is 0 Å². The average Bonchev–Trinajstić information content (AvgIpc) is 2.91. The first-order valence-corrected chi connectivity index (χ1v) is 14.8. The van der Waals surface area contributed by atoms with Crippen molar-refractivity contribution in [2.24, 2.45) is 5.14 Å². The molecule has 2 aromatic rings. The normalized spacial score (nSPS) is 11.1. The predicted molar refractivity (Wildman–Crippen MR) is 160 cm³/mol. The number of hydrogen-bond acceptors (Lipinski definition) is 10. The maximum atomic E-state index is 12.7. The summed E-state index contributed by atoms with van der Waals surface area (Å²) in [5.41, 5.74) is 1.91. The van der Waals surface area contributed by atoms with Gasteiger partial charge in [0.05, 0.1) is 37.8 Å². The smallest absolute Gasteiger partial charge is 0.317 e. The fraction of sp³-hybridized carbons (Fsp3) is 0.333. The Bertz CT molecular complexity index is 1360. The van der Waals surface area contributed by atoms with Crippen LogP contribution in [0.5, 0.6) is 0 Å². The van der Waals surface area contributed by atoms with Crippen LogP contribution in [0.3, 0.4) is 0 Å². The van der Waals surface area contributed by atoms with Gasteiger partial charge in [-0.1, -0.05) is 36.9 Å². The molecule has 2 aromatic carbocycles. The molecule has 8 N–H and O–H groups in total. The number of rotatable bonds is 20. The molecule has 0 aliphatic heterocycles. The minimum absolute atomic E-state index is 0.0163. The maximum Gasteiger partial charge on any atom is 0.317 e. The number of hydrogen-bond donors (Lipinski definition) is 7. The largest absolute Gasteiger partial charge is 0.480 e. The van der Waals surface area contributed by atoms with Crippen LogP contribution in [-0.4, -0.2) is 104 Å². The van der Waals surface area contributed by atoms with Crippen LogP contribution < -0.4 is 26.4 Å². The number of carboxylic acid groups (broad SMARTS) is 2. The lowest BCUT2D eigenvalue weighted by Gasteiger charge is -2.25. The number of benzene rings is 2. The maximum absolute atomic E-state index is 12.7. The van der Waals surface area contributed by atoms with Gasteiger partial charge in [-0.25, -0.2) is 13.6 Å². The zero-order valence-electron chi connectivity index (χ0n) is 23.5. The van der Waals surface area contributed by atoms with Crippen molar-refractivity contribution in [3.63, 3.8) is 0 Å². The lowest BCUT2D eigenvalue weighted by molar-refractivity contribution is -0.141. The first kappa shape index (κ1) is 34.7. The molecule has 0 unspecified atom stereocenters. The Morgan fingerprint density at radius 2 is 1.26 bits per heavy atom. The molecule has 15 nitrogen and oxygen atoms in total. The molecule has 0 aromatic heterocycles. The lowest BCUT2D eigenvalue weighted by atomic mass is 10.2. The molecule has 234 valence electrons. The standard InChI is InChI=1S/C27H37N7O8S/c1-20(29-11-14-43(28,41)42)31-22-7-9-23(10-8-22)32-25(36)17-34(19-27(39)40)13-12-33(18-26(37)38)16-24(35)30-15-21-5-3-2-4-6-21/h2-10,29,31H,1,11-19H2,(H,30,35)(H,32,36)(H,37,38)(H,39,40)(H2,28,41,42). The number of nitrogens with zero attached hydrogens (tertiary/aromatic N) is 2. The van der Waals surface area contributed by atoms with Crippen molar-refractivity contribution in [1.82, 2.24) is 20.4 Å². The van der Waals surface area contributed by atoms with E-state index in [9.17, 15) is 37.8 Å². The third kappa shape index (κ3) is 15.9. The van der Waals surface area contributed by atoms with Gasteiger partial charge in [0.2, 0.25) is 21.8 Å². The van der Waals surface area contributed by atoms with Gasteiger partial charge in [0.25, 0.3) is 0 Å². The zero-order valence-corrected chi connectivity index (χ0v) is 24.3. The van der Waals surface area contributed by atoms with E-state index in [2.05, 4.69) is 27.8 Å². The molecule has 0 heterocycles. The quantitative estimate of drug-likeness (QED) is 0.0994. The van der Waals surface area contributed by atoms with E-state index >= 15 is 0 Å². The van der Waals surface area contributed by atoms with Gasteiger partial charge >= 0.3 is 11.9 Å². The fourth-order valence-electron chi connectivity index (χ4n) is 3.75. The number of amides is 2. The molecule has 0 spiro atoms. The van der Waals surface area contributed by atoms with Crippen molar-refractivity contribution >= 4 is 45.2 Å².